The predicted octanol–water partition coefficient (Wildman–Crippen LogP) is 4.77. The fourth-order valence-electron chi connectivity index (χ4n) is 2.15. The quantitative estimate of drug-likeness (QED) is 0.709. The second kappa shape index (κ2) is 9.26. The Kier molecular flexibility index (Phi) is 7.01. The van der Waals surface area contributed by atoms with Crippen LogP contribution in [0.3, 0.4) is 0 Å². The zero-order valence-corrected chi connectivity index (χ0v) is 14.5. The second-order valence-corrected chi connectivity index (χ2v) is 6.36. The van der Waals surface area contributed by atoms with Crippen LogP contribution < -0.4 is 10.1 Å². The minimum atomic E-state index is 0.00660. The number of hydrogen-bond donors (Lipinski definition) is 1. The van der Waals surface area contributed by atoms with Gasteiger partial charge in [-0.3, -0.25) is 4.79 Å². The topological polar surface area (TPSA) is 38.3 Å². The van der Waals surface area contributed by atoms with Crippen molar-refractivity contribution < 1.29 is 9.53 Å². The zero-order valence-electron chi connectivity index (χ0n) is 13.7. The Bertz CT molecular complexity index is 608. The number of amides is 1. The lowest BCUT2D eigenvalue weighted by Crippen LogP contribution is -2.13. The smallest absolute Gasteiger partial charge is 0.234 e. The molecular formula is C19H23NO2S. The lowest BCUT2D eigenvalue weighted by Gasteiger charge is -2.07. The highest BCUT2D eigenvalue weighted by Crippen LogP contribution is 2.21. The van der Waals surface area contributed by atoms with Gasteiger partial charge in [0.2, 0.25) is 5.91 Å². The summed E-state index contributed by atoms with van der Waals surface area (Å²) in [4.78, 5) is 13.1. The second-order valence-electron chi connectivity index (χ2n) is 5.31. The van der Waals surface area contributed by atoms with Crippen LogP contribution in [-0.2, 0) is 11.2 Å². The minimum absolute atomic E-state index is 0.00660. The van der Waals surface area contributed by atoms with Gasteiger partial charge in [-0.15, -0.1) is 11.8 Å². The number of carbonyl (C=O) groups excluding carboxylic acids is 1. The number of ether oxygens (including phenoxy) is 1. The summed E-state index contributed by atoms with van der Waals surface area (Å²) in [7, 11) is 1.64. The van der Waals surface area contributed by atoms with Crippen molar-refractivity contribution in [2.45, 2.75) is 31.1 Å². The third-order valence-corrected chi connectivity index (χ3v) is 4.50. The van der Waals surface area contributed by atoms with Crippen LogP contribution in [0.25, 0.3) is 0 Å². The van der Waals surface area contributed by atoms with E-state index in [1.54, 1.807) is 7.11 Å². The lowest BCUT2D eigenvalue weighted by atomic mass is 10.1. The number of anilines is 1. The first-order valence-corrected chi connectivity index (χ1v) is 8.85. The van der Waals surface area contributed by atoms with Crippen molar-refractivity contribution >= 4 is 23.4 Å². The molecule has 1 N–H and O–H groups in total. The third kappa shape index (κ3) is 5.99. The molecule has 122 valence electrons. The Morgan fingerprint density at radius 3 is 2.39 bits per heavy atom. The normalized spacial score (nSPS) is 10.3. The maximum Gasteiger partial charge on any atom is 0.234 e. The number of hydrogen-bond acceptors (Lipinski definition) is 3. The van der Waals surface area contributed by atoms with Gasteiger partial charge in [-0.1, -0.05) is 25.5 Å². The molecule has 2 aromatic rings. The maximum absolute atomic E-state index is 12.0. The fraction of sp³-hybridized carbons (Fsp3) is 0.316. The first-order valence-electron chi connectivity index (χ1n) is 7.87. The van der Waals surface area contributed by atoms with E-state index in [-0.39, 0.29) is 5.91 Å². The van der Waals surface area contributed by atoms with Gasteiger partial charge < -0.3 is 10.1 Å². The summed E-state index contributed by atoms with van der Waals surface area (Å²) in [6.07, 6.45) is 3.49. The van der Waals surface area contributed by atoms with Crippen LogP contribution >= 0.6 is 11.8 Å². The highest BCUT2D eigenvalue weighted by atomic mass is 32.2. The summed E-state index contributed by atoms with van der Waals surface area (Å²) in [6.45, 7) is 2.19. The van der Waals surface area contributed by atoms with Crippen molar-refractivity contribution in [3.8, 4) is 5.75 Å². The van der Waals surface area contributed by atoms with Crippen molar-refractivity contribution in [3.63, 3.8) is 0 Å². The molecular weight excluding hydrogens is 306 g/mol. The first kappa shape index (κ1) is 17.4. The van der Waals surface area contributed by atoms with Crippen LogP contribution in [-0.4, -0.2) is 18.8 Å². The molecule has 0 spiro atoms. The summed E-state index contributed by atoms with van der Waals surface area (Å²) in [5.41, 5.74) is 2.17. The Labute approximate surface area is 142 Å². The minimum Gasteiger partial charge on any atom is -0.497 e. The molecule has 0 saturated carbocycles. The SMILES string of the molecule is CCCCc1ccc(NC(=O)CSc2ccc(OC)cc2)cc1. The number of benzene rings is 2. The van der Waals surface area contributed by atoms with Gasteiger partial charge in [-0.25, -0.2) is 0 Å². The molecule has 0 aromatic heterocycles. The molecule has 0 aliphatic carbocycles. The van der Waals surface area contributed by atoms with Gasteiger partial charge in [0.15, 0.2) is 0 Å². The summed E-state index contributed by atoms with van der Waals surface area (Å²) in [5, 5.41) is 2.93. The lowest BCUT2D eigenvalue weighted by molar-refractivity contribution is -0.113. The Hall–Kier alpha value is -1.94. The van der Waals surface area contributed by atoms with Gasteiger partial charge in [-0.2, -0.15) is 0 Å². The molecule has 2 rings (SSSR count). The third-order valence-electron chi connectivity index (χ3n) is 3.49. The van der Waals surface area contributed by atoms with E-state index in [1.165, 1.54) is 30.2 Å². The van der Waals surface area contributed by atoms with Crippen LogP contribution in [0.4, 0.5) is 5.69 Å². The molecule has 0 aliphatic heterocycles. The number of aryl methyl sites for hydroxylation is 1. The van der Waals surface area contributed by atoms with Gasteiger partial charge in [0.25, 0.3) is 0 Å². The van der Waals surface area contributed by atoms with Crippen LogP contribution in [0.1, 0.15) is 25.3 Å². The highest BCUT2D eigenvalue weighted by Gasteiger charge is 2.04. The first-order chi connectivity index (χ1) is 11.2. The van der Waals surface area contributed by atoms with E-state index < -0.39 is 0 Å². The molecule has 0 heterocycles. The standard InChI is InChI=1S/C19H23NO2S/c1-3-4-5-15-6-8-16(9-7-15)20-19(21)14-23-18-12-10-17(22-2)11-13-18/h6-13H,3-5,14H2,1-2H3,(H,20,21). The highest BCUT2D eigenvalue weighted by molar-refractivity contribution is 8.00. The van der Waals surface area contributed by atoms with Crippen molar-refractivity contribution in [2.24, 2.45) is 0 Å². The molecule has 0 radical (unpaired) electrons. The molecule has 0 bridgehead atoms. The summed E-state index contributed by atoms with van der Waals surface area (Å²) in [5.74, 6) is 1.22. The molecule has 0 fully saturated rings. The van der Waals surface area contributed by atoms with E-state index in [0.29, 0.717) is 5.75 Å². The van der Waals surface area contributed by atoms with Crippen LogP contribution in [0.15, 0.2) is 53.4 Å². The molecule has 0 aliphatic rings. The van der Waals surface area contributed by atoms with Gasteiger partial charge in [0.05, 0.1) is 12.9 Å². The van der Waals surface area contributed by atoms with Gasteiger partial charge in [0.1, 0.15) is 5.75 Å². The average Bonchev–Trinajstić information content (AvgIpc) is 2.60. The molecule has 23 heavy (non-hydrogen) atoms. The predicted molar refractivity (Wildman–Crippen MR) is 97.4 cm³/mol. The van der Waals surface area contributed by atoms with Gasteiger partial charge in [0, 0.05) is 10.6 Å². The molecule has 0 atom stereocenters. The zero-order chi connectivity index (χ0) is 16.5. The number of nitrogens with one attached hydrogen (secondary N) is 1. The number of methoxy groups -OCH3 is 1. The van der Waals surface area contributed by atoms with Gasteiger partial charge in [-0.05, 0) is 54.8 Å². The molecule has 0 saturated heterocycles. The van der Waals surface area contributed by atoms with Crippen LogP contribution in [0.5, 0.6) is 5.75 Å². The Morgan fingerprint density at radius 2 is 1.78 bits per heavy atom. The maximum atomic E-state index is 12.0. The summed E-state index contributed by atoms with van der Waals surface area (Å²) < 4.78 is 5.12. The van der Waals surface area contributed by atoms with Crippen LogP contribution in [0.2, 0.25) is 0 Å². The van der Waals surface area contributed by atoms with Crippen molar-refractivity contribution in [2.75, 3.05) is 18.2 Å². The van der Waals surface area contributed by atoms with E-state index in [4.69, 9.17) is 4.74 Å². The summed E-state index contributed by atoms with van der Waals surface area (Å²) >= 11 is 1.51. The Balaban J connectivity index is 1.79. The van der Waals surface area contributed by atoms with E-state index in [9.17, 15) is 4.79 Å². The molecule has 3 nitrogen and oxygen atoms in total. The molecule has 0 unspecified atom stereocenters. The summed E-state index contributed by atoms with van der Waals surface area (Å²) in [6, 6.07) is 15.8. The molecule has 1 amide bonds. The molecule has 2 aromatic carbocycles. The molecule has 4 heteroatoms. The van der Waals surface area contributed by atoms with Gasteiger partial charge >= 0.3 is 0 Å². The van der Waals surface area contributed by atoms with Crippen molar-refractivity contribution in [1.82, 2.24) is 0 Å². The van der Waals surface area contributed by atoms with E-state index in [2.05, 4.69) is 24.4 Å². The average molecular weight is 329 g/mol. The Morgan fingerprint density at radius 1 is 1.09 bits per heavy atom. The van der Waals surface area contributed by atoms with Crippen molar-refractivity contribution in [3.05, 3.63) is 54.1 Å². The van der Waals surface area contributed by atoms with Crippen molar-refractivity contribution in [1.29, 1.82) is 0 Å². The number of rotatable bonds is 8. The number of unbranched alkanes of at least 4 members (excludes halogenated alkanes) is 1. The fourth-order valence-corrected chi connectivity index (χ4v) is 2.85. The number of carbonyl (C=O) groups is 1. The van der Waals surface area contributed by atoms with E-state index in [0.717, 1.165) is 22.8 Å². The van der Waals surface area contributed by atoms with E-state index >= 15 is 0 Å². The number of thioether (sulfide) groups is 1. The largest absolute Gasteiger partial charge is 0.497 e. The monoisotopic (exact) mass is 329 g/mol. The van der Waals surface area contributed by atoms with E-state index in [1.807, 2.05) is 36.4 Å². The van der Waals surface area contributed by atoms with Crippen LogP contribution in [0, 0.1) is 0 Å².